The molecular formula is C24H23BrN2OS. The van der Waals surface area contributed by atoms with Gasteiger partial charge in [0.25, 0.3) is 0 Å². The van der Waals surface area contributed by atoms with Crippen molar-refractivity contribution in [3.8, 4) is 22.7 Å². The average Bonchev–Trinajstić information content (AvgIpc) is 3.11. The van der Waals surface area contributed by atoms with E-state index in [2.05, 4.69) is 72.3 Å². The van der Waals surface area contributed by atoms with Gasteiger partial charge in [-0.25, -0.2) is 4.99 Å². The second-order valence-electron chi connectivity index (χ2n) is 6.76. The van der Waals surface area contributed by atoms with Crippen LogP contribution in [-0.2, 0) is 0 Å². The molecule has 1 aromatic heterocycles. The van der Waals surface area contributed by atoms with Gasteiger partial charge in [-0.1, -0.05) is 24.3 Å². The van der Waals surface area contributed by atoms with Gasteiger partial charge in [-0.15, -0.1) is 28.3 Å². The monoisotopic (exact) mass is 466 g/mol. The Kier molecular flexibility index (Phi) is 6.72. The van der Waals surface area contributed by atoms with Crippen LogP contribution in [0.3, 0.4) is 0 Å². The standard InChI is InChI=1S/C24H22N2OS.BrH/c1-17-6-4-8-20(14-17)25-24-26(21-9-5-7-18(2)15-21)23(16-28-24)19-10-12-22(27-3)13-11-19;/h4-16H,1-3H3;1H. The molecule has 1 heterocycles. The van der Waals surface area contributed by atoms with E-state index < -0.39 is 0 Å². The van der Waals surface area contributed by atoms with E-state index in [0.717, 1.165) is 33.2 Å². The van der Waals surface area contributed by atoms with Gasteiger partial charge in [-0.3, -0.25) is 4.57 Å². The van der Waals surface area contributed by atoms with Crippen molar-refractivity contribution in [2.75, 3.05) is 7.11 Å². The zero-order valence-corrected chi connectivity index (χ0v) is 19.2. The molecule has 0 bridgehead atoms. The Morgan fingerprint density at radius 2 is 1.55 bits per heavy atom. The predicted octanol–water partition coefficient (Wildman–Crippen LogP) is 6.64. The van der Waals surface area contributed by atoms with Crippen molar-refractivity contribution in [3.05, 3.63) is 94.1 Å². The number of halogens is 1. The van der Waals surface area contributed by atoms with Crippen LogP contribution in [0, 0.1) is 13.8 Å². The molecule has 0 atom stereocenters. The highest BCUT2D eigenvalue weighted by Crippen LogP contribution is 2.26. The zero-order valence-electron chi connectivity index (χ0n) is 16.6. The maximum Gasteiger partial charge on any atom is 0.195 e. The van der Waals surface area contributed by atoms with Crippen LogP contribution in [0.1, 0.15) is 11.1 Å². The second-order valence-corrected chi connectivity index (χ2v) is 7.59. The van der Waals surface area contributed by atoms with Crippen LogP contribution in [-0.4, -0.2) is 11.7 Å². The van der Waals surface area contributed by atoms with Crippen molar-refractivity contribution in [3.63, 3.8) is 0 Å². The number of nitrogens with zero attached hydrogens (tertiary/aromatic N) is 2. The zero-order chi connectivity index (χ0) is 19.5. The van der Waals surface area contributed by atoms with Crippen LogP contribution in [0.4, 0.5) is 5.69 Å². The van der Waals surface area contributed by atoms with Crippen LogP contribution in [0.25, 0.3) is 16.9 Å². The van der Waals surface area contributed by atoms with Crippen LogP contribution >= 0.6 is 28.3 Å². The Morgan fingerprint density at radius 1 is 0.862 bits per heavy atom. The maximum absolute atomic E-state index is 5.31. The van der Waals surface area contributed by atoms with Gasteiger partial charge in [0.1, 0.15) is 5.75 Å². The Labute approximate surface area is 185 Å². The molecule has 0 N–H and O–H groups in total. The molecule has 0 unspecified atom stereocenters. The smallest absolute Gasteiger partial charge is 0.195 e. The fraction of sp³-hybridized carbons (Fsp3) is 0.125. The molecule has 0 spiro atoms. The van der Waals surface area contributed by atoms with Gasteiger partial charge in [0.15, 0.2) is 4.80 Å². The van der Waals surface area contributed by atoms with E-state index >= 15 is 0 Å². The summed E-state index contributed by atoms with van der Waals surface area (Å²) in [5.41, 5.74) is 6.74. The fourth-order valence-corrected chi connectivity index (χ4v) is 4.10. The minimum atomic E-state index is 0. The highest BCUT2D eigenvalue weighted by molar-refractivity contribution is 8.93. The minimum Gasteiger partial charge on any atom is -0.497 e. The summed E-state index contributed by atoms with van der Waals surface area (Å²) in [5.74, 6) is 0.853. The SMILES string of the molecule is Br.COc1ccc(-c2csc(=Nc3cccc(C)c3)n2-c2cccc(C)c2)cc1. The molecule has 0 aliphatic carbocycles. The summed E-state index contributed by atoms with van der Waals surface area (Å²) in [6, 6.07) is 25.0. The van der Waals surface area contributed by atoms with Crippen LogP contribution in [0.2, 0.25) is 0 Å². The number of thiazole rings is 1. The van der Waals surface area contributed by atoms with Crippen molar-refractivity contribution in [2.45, 2.75) is 13.8 Å². The average molecular weight is 467 g/mol. The number of hydrogen-bond donors (Lipinski definition) is 0. The van der Waals surface area contributed by atoms with E-state index in [9.17, 15) is 0 Å². The first kappa shape index (κ1) is 21.1. The Hall–Kier alpha value is -2.63. The molecule has 0 radical (unpaired) electrons. The molecule has 3 nitrogen and oxygen atoms in total. The molecule has 4 rings (SSSR count). The highest BCUT2D eigenvalue weighted by Gasteiger charge is 2.11. The fourth-order valence-electron chi connectivity index (χ4n) is 3.18. The third-order valence-corrected chi connectivity index (χ3v) is 5.41. The Balaban J connectivity index is 0.00000240. The van der Waals surface area contributed by atoms with Crippen molar-refractivity contribution in [1.29, 1.82) is 0 Å². The van der Waals surface area contributed by atoms with Crippen molar-refractivity contribution in [1.82, 2.24) is 4.57 Å². The molecule has 29 heavy (non-hydrogen) atoms. The number of benzene rings is 3. The Bertz CT molecular complexity index is 1180. The predicted molar refractivity (Wildman–Crippen MR) is 127 cm³/mol. The van der Waals surface area contributed by atoms with E-state index in [1.807, 2.05) is 24.3 Å². The van der Waals surface area contributed by atoms with E-state index in [0.29, 0.717) is 0 Å². The van der Waals surface area contributed by atoms with Gasteiger partial charge in [0.2, 0.25) is 0 Å². The van der Waals surface area contributed by atoms with E-state index in [-0.39, 0.29) is 17.0 Å². The highest BCUT2D eigenvalue weighted by atomic mass is 79.9. The first-order valence-corrected chi connectivity index (χ1v) is 10.1. The van der Waals surface area contributed by atoms with Crippen LogP contribution in [0.15, 0.2) is 83.2 Å². The quantitative estimate of drug-likeness (QED) is 0.330. The van der Waals surface area contributed by atoms with Crippen molar-refractivity contribution in [2.24, 2.45) is 4.99 Å². The summed E-state index contributed by atoms with van der Waals surface area (Å²) < 4.78 is 7.53. The van der Waals surface area contributed by atoms with Crippen LogP contribution < -0.4 is 9.54 Å². The number of aromatic nitrogens is 1. The van der Waals surface area contributed by atoms with Gasteiger partial charge in [-0.2, -0.15) is 0 Å². The molecule has 0 saturated heterocycles. The number of ether oxygens (including phenoxy) is 1. The lowest BCUT2D eigenvalue weighted by Crippen LogP contribution is -2.13. The molecule has 0 aliphatic heterocycles. The summed E-state index contributed by atoms with van der Waals surface area (Å²) in [5, 5.41) is 2.17. The molecule has 0 amide bonds. The van der Waals surface area contributed by atoms with Crippen LogP contribution in [0.5, 0.6) is 5.75 Å². The maximum atomic E-state index is 5.31. The van der Waals surface area contributed by atoms with Gasteiger partial charge in [-0.05, 0) is 79.1 Å². The van der Waals surface area contributed by atoms with Gasteiger partial charge in [0, 0.05) is 11.1 Å². The number of methoxy groups -OCH3 is 1. The Morgan fingerprint density at radius 3 is 2.21 bits per heavy atom. The number of rotatable bonds is 4. The molecule has 0 fully saturated rings. The van der Waals surface area contributed by atoms with E-state index in [1.165, 1.54) is 11.1 Å². The lowest BCUT2D eigenvalue weighted by molar-refractivity contribution is 0.415. The molecule has 148 valence electrons. The van der Waals surface area contributed by atoms with Gasteiger partial charge < -0.3 is 4.74 Å². The molecule has 0 saturated carbocycles. The lowest BCUT2D eigenvalue weighted by atomic mass is 10.1. The topological polar surface area (TPSA) is 26.5 Å². The van der Waals surface area contributed by atoms with E-state index in [4.69, 9.17) is 9.73 Å². The first-order valence-electron chi connectivity index (χ1n) is 9.17. The largest absolute Gasteiger partial charge is 0.497 e. The summed E-state index contributed by atoms with van der Waals surface area (Å²) >= 11 is 1.65. The minimum absolute atomic E-state index is 0. The first-order chi connectivity index (χ1) is 13.6. The molecule has 3 aromatic carbocycles. The second kappa shape index (κ2) is 9.25. The summed E-state index contributed by atoms with van der Waals surface area (Å²) in [6.45, 7) is 4.20. The van der Waals surface area contributed by atoms with Gasteiger partial charge >= 0.3 is 0 Å². The van der Waals surface area contributed by atoms with E-state index in [1.54, 1.807) is 18.4 Å². The molecule has 4 aromatic rings. The number of aryl methyl sites for hydroxylation is 2. The van der Waals surface area contributed by atoms with Crippen molar-refractivity contribution < 1.29 is 4.74 Å². The normalized spacial score (nSPS) is 11.2. The van der Waals surface area contributed by atoms with Gasteiger partial charge in [0.05, 0.1) is 18.5 Å². The summed E-state index contributed by atoms with van der Waals surface area (Å²) in [6.07, 6.45) is 0. The van der Waals surface area contributed by atoms with Crippen molar-refractivity contribution >= 4 is 34.0 Å². The lowest BCUT2D eigenvalue weighted by Gasteiger charge is -2.11. The summed E-state index contributed by atoms with van der Waals surface area (Å²) in [4.78, 5) is 5.89. The molecule has 5 heteroatoms. The summed E-state index contributed by atoms with van der Waals surface area (Å²) in [7, 11) is 1.69. The third-order valence-electron chi connectivity index (χ3n) is 4.58. The molecule has 0 aliphatic rings. The third kappa shape index (κ3) is 4.69. The molecular weight excluding hydrogens is 444 g/mol. The number of hydrogen-bond acceptors (Lipinski definition) is 3.